The summed E-state index contributed by atoms with van der Waals surface area (Å²) in [7, 11) is 0. The van der Waals surface area contributed by atoms with Gasteiger partial charge in [-0.25, -0.2) is 0 Å². The number of carbonyl (C=O) groups is 2. The highest BCUT2D eigenvalue weighted by Crippen LogP contribution is 2.26. The third-order valence-corrected chi connectivity index (χ3v) is 15.1. The summed E-state index contributed by atoms with van der Waals surface area (Å²) in [5, 5.41) is 57.1. The van der Waals surface area contributed by atoms with Crippen LogP contribution in [0, 0.1) is 0 Å². The van der Waals surface area contributed by atoms with Gasteiger partial charge in [0.15, 0.2) is 12.4 Å². The lowest BCUT2D eigenvalue weighted by molar-refractivity contribution is -0.305. The van der Waals surface area contributed by atoms with Crippen molar-refractivity contribution in [1.29, 1.82) is 0 Å². The Labute approximate surface area is 483 Å². The van der Waals surface area contributed by atoms with E-state index >= 15 is 0 Å². The van der Waals surface area contributed by atoms with Crippen LogP contribution in [0.5, 0.6) is 0 Å². The Kier molecular flexibility index (Phi) is 52.2. The van der Waals surface area contributed by atoms with Crippen molar-refractivity contribution in [2.24, 2.45) is 0 Å². The van der Waals surface area contributed by atoms with Crippen LogP contribution in [0.2, 0.25) is 0 Å². The van der Waals surface area contributed by atoms with E-state index in [2.05, 4.69) is 80.8 Å². The number of esters is 1. The molecule has 1 amide bonds. The van der Waals surface area contributed by atoms with Crippen molar-refractivity contribution in [2.75, 3.05) is 13.2 Å². The molecule has 0 aromatic carbocycles. The fraction of sp³-hybridized carbons (Fsp3) is 0.794. The van der Waals surface area contributed by atoms with E-state index in [1.165, 1.54) is 167 Å². The van der Waals surface area contributed by atoms with Gasteiger partial charge >= 0.3 is 5.97 Å². The first-order valence-corrected chi connectivity index (χ1v) is 32.7. The number of aliphatic hydroxyl groups excluding tert-OH is 5. The number of nitrogens with one attached hydrogen (secondary N) is 1. The first kappa shape index (κ1) is 74.1. The van der Waals surface area contributed by atoms with Crippen LogP contribution < -0.4 is 5.32 Å². The van der Waals surface area contributed by atoms with E-state index in [0.29, 0.717) is 19.3 Å². The van der Waals surface area contributed by atoms with Crippen LogP contribution in [0.15, 0.2) is 72.9 Å². The minimum atomic E-state index is -1.64. The predicted octanol–water partition coefficient (Wildman–Crippen LogP) is 16.0. The Balaban J connectivity index is 2.69. The highest BCUT2D eigenvalue weighted by molar-refractivity contribution is 5.80. The zero-order valence-corrected chi connectivity index (χ0v) is 50.7. The van der Waals surface area contributed by atoms with Gasteiger partial charge in [0.1, 0.15) is 24.4 Å². The molecule has 6 N–H and O–H groups in total. The summed E-state index contributed by atoms with van der Waals surface area (Å²) in [5.41, 5.74) is 0. The summed E-state index contributed by atoms with van der Waals surface area (Å²) in [4.78, 5) is 26.6. The van der Waals surface area contributed by atoms with Gasteiger partial charge in [-0.3, -0.25) is 9.59 Å². The van der Waals surface area contributed by atoms with Gasteiger partial charge in [-0.2, -0.15) is 0 Å². The zero-order chi connectivity index (χ0) is 57.5. The molecule has 0 aromatic heterocycles. The number of carbonyl (C=O) groups excluding carboxylic acids is 2. The summed E-state index contributed by atoms with van der Waals surface area (Å²) < 4.78 is 17.6. The van der Waals surface area contributed by atoms with Gasteiger partial charge in [-0.15, -0.1) is 0 Å². The lowest BCUT2D eigenvalue weighted by atomic mass is 9.99. The molecule has 458 valence electrons. The van der Waals surface area contributed by atoms with Gasteiger partial charge in [0.05, 0.1) is 25.4 Å². The molecule has 1 aliphatic rings. The second-order valence-corrected chi connectivity index (χ2v) is 22.5. The van der Waals surface area contributed by atoms with Crippen LogP contribution in [0.25, 0.3) is 0 Å². The van der Waals surface area contributed by atoms with E-state index < -0.39 is 67.4 Å². The lowest BCUT2D eigenvalue weighted by Gasteiger charge is -2.41. The predicted molar refractivity (Wildman–Crippen MR) is 329 cm³/mol. The van der Waals surface area contributed by atoms with Crippen molar-refractivity contribution in [1.82, 2.24) is 5.32 Å². The molecule has 1 fully saturated rings. The first-order chi connectivity index (χ1) is 38.7. The van der Waals surface area contributed by atoms with E-state index in [0.717, 1.165) is 64.2 Å². The molecule has 0 aromatic rings. The zero-order valence-electron chi connectivity index (χ0n) is 50.7. The molecule has 1 heterocycles. The summed E-state index contributed by atoms with van der Waals surface area (Å²) in [6.07, 6.45) is 60.8. The molecule has 79 heavy (non-hydrogen) atoms. The second-order valence-electron chi connectivity index (χ2n) is 22.5. The van der Waals surface area contributed by atoms with Crippen LogP contribution in [-0.4, -0.2) is 99.6 Å². The molecule has 1 aliphatic heterocycles. The Morgan fingerprint density at radius 1 is 0.494 bits per heavy atom. The fourth-order valence-electron chi connectivity index (χ4n) is 9.87. The van der Waals surface area contributed by atoms with E-state index in [1.807, 2.05) is 12.2 Å². The summed E-state index contributed by atoms with van der Waals surface area (Å²) in [6, 6.07) is -1.04. The van der Waals surface area contributed by atoms with Crippen molar-refractivity contribution < 1.29 is 49.3 Å². The van der Waals surface area contributed by atoms with Crippen molar-refractivity contribution in [2.45, 2.75) is 333 Å². The number of allylic oxidation sites excluding steroid dienone is 11. The maximum Gasteiger partial charge on any atom is 0.306 e. The summed E-state index contributed by atoms with van der Waals surface area (Å²) >= 11 is 0. The van der Waals surface area contributed by atoms with Gasteiger partial charge in [0.2, 0.25) is 5.91 Å². The Morgan fingerprint density at radius 2 is 0.873 bits per heavy atom. The van der Waals surface area contributed by atoms with Crippen molar-refractivity contribution in [3.8, 4) is 0 Å². The van der Waals surface area contributed by atoms with Gasteiger partial charge in [-0.05, 0) is 89.9 Å². The number of ether oxygens (including phenoxy) is 3. The van der Waals surface area contributed by atoms with Gasteiger partial charge in [0, 0.05) is 6.42 Å². The number of amides is 1. The van der Waals surface area contributed by atoms with E-state index in [1.54, 1.807) is 6.08 Å². The molecule has 0 radical (unpaired) electrons. The number of aliphatic hydroxyl groups is 5. The van der Waals surface area contributed by atoms with Crippen molar-refractivity contribution >= 4 is 11.9 Å². The quantitative estimate of drug-likeness (QED) is 0.0195. The Bertz CT molecular complexity index is 1560. The molecule has 0 saturated carbocycles. The molecule has 1 saturated heterocycles. The molecule has 11 nitrogen and oxygen atoms in total. The Hall–Kier alpha value is -2.90. The van der Waals surface area contributed by atoms with E-state index in [-0.39, 0.29) is 19.4 Å². The third kappa shape index (κ3) is 43.5. The maximum atomic E-state index is 13.5. The minimum Gasteiger partial charge on any atom is -0.454 e. The van der Waals surface area contributed by atoms with Crippen LogP contribution >= 0.6 is 0 Å². The van der Waals surface area contributed by atoms with Crippen molar-refractivity contribution in [3.63, 3.8) is 0 Å². The molecule has 1 rings (SSSR count). The SMILES string of the molecule is CCCCC/C=C\C/C=C\C/C=C\C/C=C\CCCC(=O)OC1C(OCC(NC(=O)C(O)CCCCCCCCCCCC/C=C/CCCCCCCC)C(O)/C=C/CCCCCCCCCCCCC)OC(CO)C(O)C1O. The van der Waals surface area contributed by atoms with Crippen LogP contribution in [0.3, 0.4) is 0 Å². The highest BCUT2D eigenvalue weighted by Gasteiger charge is 2.47. The van der Waals surface area contributed by atoms with Gasteiger partial charge < -0.3 is 45.1 Å². The molecular weight excluding hydrogens is 991 g/mol. The largest absolute Gasteiger partial charge is 0.454 e. The number of unbranched alkanes of at least 4 members (excludes halogenated alkanes) is 31. The maximum absolute atomic E-state index is 13.5. The molecule has 0 spiro atoms. The van der Waals surface area contributed by atoms with Gasteiger partial charge in [-0.1, -0.05) is 261 Å². The normalized spacial score (nSPS) is 19.3. The average Bonchev–Trinajstić information content (AvgIpc) is 3.49. The number of hydrogen-bond acceptors (Lipinski definition) is 10. The molecule has 8 atom stereocenters. The topological polar surface area (TPSA) is 175 Å². The molecular formula is C68H121NO10. The van der Waals surface area contributed by atoms with Crippen molar-refractivity contribution in [3.05, 3.63) is 72.9 Å². The molecule has 0 bridgehead atoms. The fourth-order valence-corrected chi connectivity index (χ4v) is 9.87. The van der Waals surface area contributed by atoms with Crippen LogP contribution in [0.4, 0.5) is 0 Å². The summed E-state index contributed by atoms with van der Waals surface area (Å²) in [5.74, 6) is -1.25. The third-order valence-electron chi connectivity index (χ3n) is 15.1. The van der Waals surface area contributed by atoms with Gasteiger partial charge in [0.25, 0.3) is 0 Å². The molecule has 8 unspecified atom stereocenters. The van der Waals surface area contributed by atoms with Crippen LogP contribution in [-0.2, 0) is 23.8 Å². The van der Waals surface area contributed by atoms with E-state index in [9.17, 15) is 35.1 Å². The monoisotopic (exact) mass is 1110 g/mol. The number of rotatable bonds is 55. The average molecular weight is 1110 g/mol. The Morgan fingerprint density at radius 3 is 1.34 bits per heavy atom. The minimum absolute atomic E-state index is 0.0462. The smallest absolute Gasteiger partial charge is 0.306 e. The van der Waals surface area contributed by atoms with E-state index in [4.69, 9.17) is 14.2 Å². The van der Waals surface area contributed by atoms with Crippen LogP contribution in [0.1, 0.15) is 284 Å². The summed E-state index contributed by atoms with van der Waals surface area (Å²) in [6.45, 7) is 5.75. The highest BCUT2D eigenvalue weighted by atomic mass is 16.7. The standard InChI is InChI=1S/C68H121NO10/c1-4-7-10-13-16-19-22-25-27-29-30-31-33-34-37-40-43-46-49-52-55-61(72)67(76)69-59(60(71)54-51-48-45-42-39-36-24-21-18-15-12-9-6-3)58-77-68-66(65(75)64(74)62(57-70)78-68)79-63(73)56-53-50-47-44-41-38-35-32-28-26-23-20-17-14-11-8-5-2/h17,20,25-28,35,38,44,47,51,54,59-62,64-66,68,70-72,74-75H,4-16,18-19,21-24,29-34,36-37,39-43,45-46,48-50,52-53,55-58H2,1-3H3,(H,69,76)/b20-17-,27-25+,28-26-,38-35-,47-44-,54-51+. The second kappa shape index (κ2) is 55.6. The molecule has 0 aliphatic carbocycles. The lowest BCUT2D eigenvalue weighted by Crippen LogP contribution is -2.61. The first-order valence-electron chi connectivity index (χ1n) is 32.7. The number of hydrogen-bond donors (Lipinski definition) is 6. The molecule has 11 heteroatoms.